The summed E-state index contributed by atoms with van der Waals surface area (Å²) in [7, 11) is 0. The molecule has 2 heterocycles. The third kappa shape index (κ3) is 0.210. The minimum atomic E-state index is 0.815. The molecule has 0 aromatic carbocycles. The molecule has 6 heavy (non-hydrogen) atoms. The summed E-state index contributed by atoms with van der Waals surface area (Å²) in [6.45, 7) is 1.63. The van der Waals surface area contributed by atoms with Gasteiger partial charge in [0, 0.05) is 0 Å². The first-order valence-electron chi connectivity index (χ1n) is 1.94. The lowest BCUT2D eigenvalue weighted by Gasteiger charge is -1.51. The van der Waals surface area contributed by atoms with Crippen molar-refractivity contribution in [1.82, 2.24) is 0 Å². The molecule has 0 aliphatic carbocycles. The van der Waals surface area contributed by atoms with Gasteiger partial charge in [0.25, 0.3) is 0 Å². The van der Waals surface area contributed by atoms with E-state index in [1.807, 2.05) is 0 Å². The van der Waals surface area contributed by atoms with Crippen LogP contribution in [0.4, 0.5) is 0 Å². The summed E-state index contributed by atoms with van der Waals surface area (Å²) in [5.41, 5.74) is 0. The van der Waals surface area contributed by atoms with E-state index in [0.29, 0.717) is 0 Å². The number of hydrogen-bond acceptors (Lipinski definition) is 2. The Labute approximate surface area is 35.4 Å². The molecule has 2 aliphatic rings. The number of rotatable bonds is 0. The largest absolute Gasteiger partial charge is 0.483 e. The molecule has 0 unspecified atom stereocenters. The Morgan fingerprint density at radius 2 is 1.33 bits per heavy atom. The second-order valence-corrected chi connectivity index (χ2v) is 1.42. The van der Waals surface area contributed by atoms with Crippen LogP contribution in [0.5, 0.6) is 0 Å². The fraction of sp³-hybridized carbons (Fsp3) is 0.500. The van der Waals surface area contributed by atoms with Gasteiger partial charge in [-0.2, -0.15) is 0 Å². The highest BCUT2D eigenvalue weighted by molar-refractivity contribution is 5.18. The van der Waals surface area contributed by atoms with Crippen LogP contribution >= 0.6 is 0 Å². The van der Waals surface area contributed by atoms with Crippen LogP contribution in [-0.4, -0.2) is 13.2 Å². The van der Waals surface area contributed by atoms with Crippen molar-refractivity contribution >= 4 is 0 Å². The van der Waals surface area contributed by atoms with E-state index in [2.05, 4.69) is 0 Å². The van der Waals surface area contributed by atoms with Gasteiger partial charge in [0.15, 0.2) is 11.5 Å². The van der Waals surface area contributed by atoms with E-state index < -0.39 is 0 Å². The zero-order valence-corrected chi connectivity index (χ0v) is 3.23. The maximum atomic E-state index is 4.79. The summed E-state index contributed by atoms with van der Waals surface area (Å²) >= 11 is 0. The van der Waals surface area contributed by atoms with E-state index >= 15 is 0 Å². The van der Waals surface area contributed by atoms with Crippen molar-refractivity contribution < 1.29 is 9.47 Å². The maximum absolute atomic E-state index is 4.79. The molecule has 0 amide bonds. The Kier molecular flexibility index (Phi) is 0.231. The molecule has 2 saturated heterocycles. The summed E-state index contributed by atoms with van der Waals surface area (Å²) in [5.74, 6) is 2.13. The molecule has 0 radical (unpaired) electrons. The van der Waals surface area contributed by atoms with Crippen LogP contribution in [0, 0.1) is 0 Å². The second kappa shape index (κ2) is 0.555. The lowest BCUT2D eigenvalue weighted by molar-refractivity contribution is 0.479. The minimum absolute atomic E-state index is 0.815. The Morgan fingerprint density at radius 3 is 1.50 bits per heavy atom. The Morgan fingerprint density at radius 1 is 1.00 bits per heavy atom. The summed E-state index contributed by atoms with van der Waals surface area (Å²) in [6, 6.07) is 0. The summed E-state index contributed by atoms with van der Waals surface area (Å²) in [5, 5.41) is 0. The molecule has 0 aromatic heterocycles. The van der Waals surface area contributed by atoms with Crippen LogP contribution < -0.4 is 0 Å². The Bertz CT molecular complexity index is 88.7. The van der Waals surface area contributed by atoms with Gasteiger partial charge in [-0.05, 0) is 0 Å². The van der Waals surface area contributed by atoms with Gasteiger partial charge in [0.05, 0.1) is 0 Å². The summed E-state index contributed by atoms with van der Waals surface area (Å²) < 4.78 is 9.57. The molecule has 0 spiro atoms. The molecule has 2 nitrogen and oxygen atoms in total. The van der Waals surface area contributed by atoms with Gasteiger partial charge in [-0.3, -0.25) is 0 Å². The zero-order valence-electron chi connectivity index (χ0n) is 3.23. The topological polar surface area (TPSA) is 25.1 Å². The van der Waals surface area contributed by atoms with Gasteiger partial charge in [-0.25, -0.2) is 0 Å². The Balaban J connectivity index is 2.34. The molecule has 0 atom stereocenters. The lowest BCUT2D eigenvalue weighted by Crippen LogP contribution is -1.43. The fourth-order valence-electron chi connectivity index (χ4n) is 0.394. The van der Waals surface area contributed by atoms with Crippen LogP contribution in [0.1, 0.15) is 0 Å². The van der Waals surface area contributed by atoms with Gasteiger partial charge in [-0.15, -0.1) is 0 Å². The predicted molar refractivity (Wildman–Crippen MR) is 18.9 cm³/mol. The average Bonchev–Trinajstić information content (AvgIpc) is 2.26. The van der Waals surface area contributed by atoms with Gasteiger partial charge >= 0.3 is 0 Å². The first-order valence-corrected chi connectivity index (χ1v) is 1.94. The first kappa shape index (κ1) is 2.50. The van der Waals surface area contributed by atoms with E-state index in [4.69, 9.17) is 9.47 Å². The van der Waals surface area contributed by atoms with E-state index in [-0.39, 0.29) is 0 Å². The molecule has 2 aliphatic heterocycles. The van der Waals surface area contributed by atoms with Crippen molar-refractivity contribution in [2.24, 2.45) is 0 Å². The minimum Gasteiger partial charge on any atom is -0.483 e. The van der Waals surface area contributed by atoms with Gasteiger partial charge < -0.3 is 9.47 Å². The second-order valence-electron chi connectivity index (χ2n) is 1.42. The normalized spacial score (nSPS) is 37.3. The predicted octanol–water partition coefficient (Wildman–Crippen LogP) is 0.258. The van der Waals surface area contributed by atoms with Crippen LogP contribution in [0.25, 0.3) is 0 Å². The zero-order chi connectivity index (χ0) is 3.98. The van der Waals surface area contributed by atoms with Gasteiger partial charge in [0.2, 0.25) is 0 Å². The molecular formula is C4H4O2. The van der Waals surface area contributed by atoms with Crippen LogP contribution in [0.3, 0.4) is 0 Å². The quantitative estimate of drug-likeness (QED) is 0.393. The van der Waals surface area contributed by atoms with Crippen molar-refractivity contribution in [2.75, 3.05) is 13.2 Å². The van der Waals surface area contributed by atoms with E-state index in [0.717, 1.165) is 24.7 Å². The molecule has 0 N–H and O–H groups in total. The SMILES string of the molecule is C1O/C1=C1\CO1. The molecule has 0 bridgehead atoms. The number of hydrogen-bond donors (Lipinski definition) is 0. The third-order valence-corrected chi connectivity index (χ3v) is 0.888. The molecule has 2 heteroatoms. The number of epoxide rings is 2. The third-order valence-electron chi connectivity index (χ3n) is 0.888. The smallest absolute Gasteiger partial charge is 0.175 e. The van der Waals surface area contributed by atoms with Crippen molar-refractivity contribution in [1.29, 1.82) is 0 Å². The van der Waals surface area contributed by atoms with E-state index in [1.54, 1.807) is 0 Å². The lowest BCUT2D eigenvalue weighted by atomic mass is 10.6. The van der Waals surface area contributed by atoms with Crippen LogP contribution in [0.2, 0.25) is 0 Å². The molecule has 32 valence electrons. The average molecular weight is 84.1 g/mol. The van der Waals surface area contributed by atoms with Crippen LogP contribution in [-0.2, 0) is 9.47 Å². The molecular weight excluding hydrogens is 80.0 g/mol. The standard InChI is InChI=1S/C4H4O2/c1-3(5-1)4-2-6-4/h1-2H2/b4-3+. The highest BCUT2D eigenvalue weighted by atomic mass is 16.6. The fourth-order valence-corrected chi connectivity index (χ4v) is 0.394. The van der Waals surface area contributed by atoms with E-state index in [1.165, 1.54) is 0 Å². The summed E-state index contributed by atoms with van der Waals surface area (Å²) in [4.78, 5) is 0. The van der Waals surface area contributed by atoms with E-state index in [9.17, 15) is 0 Å². The molecule has 0 saturated carbocycles. The van der Waals surface area contributed by atoms with Gasteiger partial charge in [-0.1, -0.05) is 0 Å². The molecule has 0 aromatic rings. The highest BCUT2D eigenvalue weighted by Crippen LogP contribution is 2.28. The molecule has 2 fully saturated rings. The van der Waals surface area contributed by atoms with Crippen LogP contribution in [0.15, 0.2) is 11.5 Å². The maximum Gasteiger partial charge on any atom is 0.175 e. The first-order chi connectivity index (χ1) is 2.97. The van der Waals surface area contributed by atoms with Crippen molar-refractivity contribution in [3.05, 3.63) is 11.5 Å². The van der Waals surface area contributed by atoms with Crippen molar-refractivity contribution in [3.8, 4) is 0 Å². The van der Waals surface area contributed by atoms with Gasteiger partial charge in [0.1, 0.15) is 13.2 Å². The van der Waals surface area contributed by atoms with Crippen molar-refractivity contribution in [3.63, 3.8) is 0 Å². The van der Waals surface area contributed by atoms with Crippen molar-refractivity contribution in [2.45, 2.75) is 0 Å². The number of ether oxygens (including phenoxy) is 2. The summed E-state index contributed by atoms with van der Waals surface area (Å²) in [6.07, 6.45) is 0. The highest BCUT2D eigenvalue weighted by Gasteiger charge is 2.29. The monoisotopic (exact) mass is 84.0 g/mol. The Hall–Kier alpha value is -0.660. The molecule has 2 rings (SSSR count).